The average molecular weight is 202 g/mol. The lowest BCUT2D eigenvalue weighted by molar-refractivity contribution is -0.121. The topological polar surface area (TPSA) is 41.5 Å². The minimum Gasteiger partial charge on any atom is -0.273 e. The number of hydrazone groups is 1. The summed E-state index contributed by atoms with van der Waals surface area (Å²) in [7, 11) is 0. The Labute approximate surface area is 89.2 Å². The van der Waals surface area contributed by atoms with E-state index in [4.69, 9.17) is 0 Å². The summed E-state index contributed by atoms with van der Waals surface area (Å²) in [4.78, 5) is 10.9. The molecule has 1 aliphatic rings. The first-order chi connectivity index (χ1) is 7.16. The maximum absolute atomic E-state index is 10.9. The fraction of sp³-hybridized carbons (Fsp3) is 0.333. The number of amides is 1. The first kappa shape index (κ1) is 9.90. The molecule has 3 nitrogen and oxygen atoms in total. The van der Waals surface area contributed by atoms with Crippen molar-refractivity contribution in [1.82, 2.24) is 5.43 Å². The van der Waals surface area contributed by atoms with E-state index < -0.39 is 0 Å². The molecule has 0 bridgehead atoms. The molecule has 0 fully saturated rings. The van der Waals surface area contributed by atoms with Gasteiger partial charge >= 0.3 is 0 Å². The van der Waals surface area contributed by atoms with Gasteiger partial charge in [0.05, 0.1) is 5.71 Å². The Morgan fingerprint density at radius 3 is 2.60 bits per heavy atom. The van der Waals surface area contributed by atoms with E-state index in [1.165, 1.54) is 11.1 Å². The Morgan fingerprint density at radius 1 is 1.20 bits per heavy atom. The highest BCUT2D eigenvalue weighted by atomic mass is 16.2. The quantitative estimate of drug-likeness (QED) is 0.742. The van der Waals surface area contributed by atoms with Crippen molar-refractivity contribution in [2.45, 2.75) is 26.7 Å². The molecule has 0 saturated heterocycles. The largest absolute Gasteiger partial charge is 0.273 e. The Morgan fingerprint density at radius 2 is 2.00 bits per heavy atom. The zero-order chi connectivity index (χ0) is 10.8. The van der Waals surface area contributed by atoms with Gasteiger partial charge < -0.3 is 0 Å². The van der Waals surface area contributed by atoms with Gasteiger partial charge in [0.1, 0.15) is 0 Å². The molecule has 0 spiro atoms. The molecule has 15 heavy (non-hydrogen) atoms. The number of nitrogens with zero attached hydrogens (tertiary/aromatic N) is 1. The van der Waals surface area contributed by atoms with Crippen LogP contribution >= 0.6 is 0 Å². The molecule has 0 saturated carbocycles. The third kappa shape index (κ3) is 2.06. The Bertz CT molecular complexity index is 435. The van der Waals surface area contributed by atoms with Crippen LogP contribution in [-0.4, -0.2) is 11.6 Å². The molecular formula is C12H14N2O. The van der Waals surface area contributed by atoms with Crippen molar-refractivity contribution in [3.05, 3.63) is 34.9 Å². The van der Waals surface area contributed by atoms with E-state index in [0.717, 1.165) is 17.7 Å². The van der Waals surface area contributed by atoms with Crippen molar-refractivity contribution in [2.75, 3.05) is 0 Å². The summed E-state index contributed by atoms with van der Waals surface area (Å²) in [5.74, 6) is 0.00239. The Hall–Kier alpha value is -1.64. The maximum atomic E-state index is 10.9. The van der Waals surface area contributed by atoms with Gasteiger partial charge in [0.15, 0.2) is 0 Å². The van der Waals surface area contributed by atoms with Crippen molar-refractivity contribution < 1.29 is 4.79 Å². The van der Waals surface area contributed by atoms with Crippen LogP contribution in [0, 0.1) is 13.8 Å². The second-order valence-electron chi connectivity index (χ2n) is 3.89. The van der Waals surface area contributed by atoms with Crippen molar-refractivity contribution in [2.24, 2.45) is 5.10 Å². The number of hydrogen-bond donors (Lipinski definition) is 1. The van der Waals surface area contributed by atoms with Crippen LogP contribution in [0.1, 0.15) is 29.5 Å². The minimum absolute atomic E-state index is 0.00239. The van der Waals surface area contributed by atoms with Gasteiger partial charge in [0.2, 0.25) is 5.91 Å². The van der Waals surface area contributed by atoms with Crippen molar-refractivity contribution >= 4 is 11.6 Å². The standard InChI is InChI=1S/C12H14N2O/c1-8-3-4-10(7-9(8)2)11-5-6-12(15)14-13-11/h3-4,7H,5-6H2,1-2H3,(H,14,15). The maximum Gasteiger partial charge on any atom is 0.240 e. The first-order valence-electron chi connectivity index (χ1n) is 5.10. The second-order valence-corrected chi connectivity index (χ2v) is 3.89. The van der Waals surface area contributed by atoms with Gasteiger partial charge in [0, 0.05) is 12.8 Å². The summed E-state index contributed by atoms with van der Waals surface area (Å²) in [5.41, 5.74) is 7.13. The summed E-state index contributed by atoms with van der Waals surface area (Å²) in [6.07, 6.45) is 1.26. The third-order valence-corrected chi connectivity index (χ3v) is 2.74. The number of carbonyl (C=O) groups excluding carboxylic acids is 1. The zero-order valence-corrected chi connectivity index (χ0v) is 9.00. The third-order valence-electron chi connectivity index (χ3n) is 2.74. The van der Waals surface area contributed by atoms with Crippen LogP contribution in [-0.2, 0) is 4.79 Å². The van der Waals surface area contributed by atoms with Crippen LogP contribution in [0.25, 0.3) is 0 Å². The number of hydrogen-bond acceptors (Lipinski definition) is 2. The highest BCUT2D eigenvalue weighted by Crippen LogP contribution is 2.14. The number of rotatable bonds is 1. The van der Waals surface area contributed by atoms with Gasteiger partial charge in [-0.15, -0.1) is 0 Å². The van der Waals surface area contributed by atoms with Crippen LogP contribution in [0.15, 0.2) is 23.3 Å². The fourth-order valence-corrected chi connectivity index (χ4v) is 1.60. The van der Waals surface area contributed by atoms with Crippen LogP contribution < -0.4 is 5.43 Å². The number of nitrogens with one attached hydrogen (secondary N) is 1. The van der Waals surface area contributed by atoms with E-state index >= 15 is 0 Å². The van der Waals surface area contributed by atoms with Gasteiger partial charge in [-0.25, -0.2) is 5.43 Å². The van der Waals surface area contributed by atoms with E-state index in [1.54, 1.807) is 0 Å². The summed E-state index contributed by atoms with van der Waals surface area (Å²) in [5, 5.41) is 4.07. The van der Waals surface area contributed by atoms with Crippen molar-refractivity contribution in [1.29, 1.82) is 0 Å². The Balaban J connectivity index is 2.30. The van der Waals surface area contributed by atoms with Gasteiger partial charge in [0.25, 0.3) is 0 Å². The van der Waals surface area contributed by atoms with E-state index in [-0.39, 0.29) is 5.91 Å². The summed E-state index contributed by atoms with van der Waals surface area (Å²) >= 11 is 0. The molecule has 0 aliphatic carbocycles. The molecule has 1 N–H and O–H groups in total. The fourth-order valence-electron chi connectivity index (χ4n) is 1.60. The first-order valence-corrected chi connectivity index (χ1v) is 5.10. The van der Waals surface area contributed by atoms with E-state index in [0.29, 0.717) is 6.42 Å². The second kappa shape index (κ2) is 3.85. The molecule has 0 aromatic heterocycles. The normalized spacial score (nSPS) is 15.9. The summed E-state index contributed by atoms with van der Waals surface area (Å²) in [6.45, 7) is 4.17. The smallest absolute Gasteiger partial charge is 0.240 e. The highest BCUT2D eigenvalue weighted by Gasteiger charge is 2.13. The highest BCUT2D eigenvalue weighted by molar-refractivity contribution is 6.04. The van der Waals surface area contributed by atoms with E-state index in [1.807, 2.05) is 0 Å². The molecule has 78 valence electrons. The van der Waals surface area contributed by atoms with E-state index in [2.05, 4.69) is 42.6 Å². The zero-order valence-electron chi connectivity index (χ0n) is 9.00. The molecule has 0 unspecified atom stereocenters. The lowest BCUT2D eigenvalue weighted by atomic mass is 10.00. The van der Waals surface area contributed by atoms with Gasteiger partial charge in [-0.2, -0.15) is 5.10 Å². The molecule has 3 heteroatoms. The molecule has 0 radical (unpaired) electrons. The SMILES string of the molecule is Cc1ccc(C2=NNC(=O)CC2)cc1C. The van der Waals surface area contributed by atoms with Crippen LogP contribution in [0.4, 0.5) is 0 Å². The number of carbonyl (C=O) groups is 1. The van der Waals surface area contributed by atoms with Crippen LogP contribution in [0.3, 0.4) is 0 Å². The predicted octanol–water partition coefficient (Wildman–Crippen LogP) is 1.92. The van der Waals surface area contributed by atoms with Gasteiger partial charge in [-0.1, -0.05) is 12.1 Å². The van der Waals surface area contributed by atoms with Crippen molar-refractivity contribution in [3.63, 3.8) is 0 Å². The lowest BCUT2D eigenvalue weighted by Gasteiger charge is -2.13. The van der Waals surface area contributed by atoms with Gasteiger partial charge in [-0.05, 0) is 36.6 Å². The molecule has 1 aromatic carbocycles. The van der Waals surface area contributed by atoms with E-state index in [9.17, 15) is 4.79 Å². The Kier molecular flexibility index (Phi) is 2.54. The van der Waals surface area contributed by atoms with Gasteiger partial charge in [-0.3, -0.25) is 4.79 Å². The summed E-state index contributed by atoms with van der Waals surface area (Å²) < 4.78 is 0. The lowest BCUT2D eigenvalue weighted by Crippen LogP contribution is -2.25. The number of benzene rings is 1. The molecule has 0 atom stereocenters. The monoisotopic (exact) mass is 202 g/mol. The summed E-state index contributed by atoms with van der Waals surface area (Å²) in [6, 6.07) is 6.26. The minimum atomic E-state index is 0.00239. The molecule has 1 heterocycles. The molecule has 1 aromatic rings. The van der Waals surface area contributed by atoms with Crippen LogP contribution in [0.2, 0.25) is 0 Å². The molecular weight excluding hydrogens is 188 g/mol. The predicted molar refractivity (Wildman–Crippen MR) is 59.8 cm³/mol. The molecule has 1 aliphatic heterocycles. The molecule has 2 rings (SSSR count). The van der Waals surface area contributed by atoms with Crippen molar-refractivity contribution in [3.8, 4) is 0 Å². The average Bonchev–Trinajstić information content (AvgIpc) is 2.23. The number of aryl methyl sites for hydroxylation is 2. The molecule has 1 amide bonds. The van der Waals surface area contributed by atoms with Crippen LogP contribution in [0.5, 0.6) is 0 Å².